The molecule has 0 radical (unpaired) electrons. The Labute approximate surface area is 141 Å². The standard InChI is InChI=1S/C16H21FN2O3.ClH/c1-10(12-3-5-14(17)6-4-12)18-15(20)11(2)19-8-7-13(9-19)16(21)22;/h3-6,10-11,13H,7-9H2,1-2H3,(H,18,20)(H,21,22);1H. The van der Waals surface area contributed by atoms with E-state index in [-0.39, 0.29) is 36.2 Å². The van der Waals surface area contributed by atoms with Crippen LogP contribution in [0.25, 0.3) is 0 Å². The minimum atomic E-state index is -0.810. The van der Waals surface area contributed by atoms with Crippen molar-refractivity contribution in [3.63, 3.8) is 0 Å². The van der Waals surface area contributed by atoms with Crippen LogP contribution in [0.4, 0.5) is 4.39 Å². The molecular formula is C16H22ClFN2O3. The highest BCUT2D eigenvalue weighted by molar-refractivity contribution is 5.85. The molecule has 0 bridgehead atoms. The zero-order valence-corrected chi connectivity index (χ0v) is 14.0. The van der Waals surface area contributed by atoms with Gasteiger partial charge in [0, 0.05) is 6.54 Å². The summed E-state index contributed by atoms with van der Waals surface area (Å²) in [6, 6.07) is 5.39. The lowest BCUT2D eigenvalue weighted by molar-refractivity contribution is -0.141. The molecule has 0 aromatic heterocycles. The molecule has 0 saturated carbocycles. The van der Waals surface area contributed by atoms with E-state index in [0.29, 0.717) is 19.5 Å². The van der Waals surface area contributed by atoms with Crippen molar-refractivity contribution in [1.82, 2.24) is 10.2 Å². The average Bonchev–Trinajstić information content (AvgIpc) is 2.97. The lowest BCUT2D eigenvalue weighted by Crippen LogP contribution is -2.45. The number of carbonyl (C=O) groups is 2. The fraction of sp³-hybridized carbons (Fsp3) is 0.500. The van der Waals surface area contributed by atoms with Gasteiger partial charge in [-0.05, 0) is 44.5 Å². The number of carbonyl (C=O) groups excluding carboxylic acids is 1. The van der Waals surface area contributed by atoms with Crippen molar-refractivity contribution in [1.29, 1.82) is 0 Å². The maximum absolute atomic E-state index is 12.9. The number of nitrogens with zero attached hydrogens (tertiary/aromatic N) is 1. The normalized spacial score (nSPS) is 20.4. The van der Waals surface area contributed by atoms with E-state index >= 15 is 0 Å². The summed E-state index contributed by atoms with van der Waals surface area (Å²) < 4.78 is 12.9. The Morgan fingerprint density at radius 2 is 1.91 bits per heavy atom. The SMILES string of the molecule is CC(NC(=O)C(C)N1CCC(C(=O)O)C1)c1ccc(F)cc1.Cl. The van der Waals surface area contributed by atoms with E-state index in [0.717, 1.165) is 5.56 Å². The minimum Gasteiger partial charge on any atom is -0.481 e. The van der Waals surface area contributed by atoms with Gasteiger partial charge in [0.05, 0.1) is 18.0 Å². The Balaban J connectivity index is 0.00000264. The fourth-order valence-corrected chi connectivity index (χ4v) is 2.68. The van der Waals surface area contributed by atoms with Gasteiger partial charge >= 0.3 is 5.97 Å². The fourth-order valence-electron chi connectivity index (χ4n) is 2.68. The number of rotatable bonds is 5. The molecule has 1 amide bonds. The second-order valence-electron chi connectivity index (χ2n) is 5.78. The number of hydrogen-bond acceptors (Lipinski definition) is 3. The molecule has 23 heavy (non-hydrogen) atoms. The molecule has 128 valence electrons. The van der Waals surface area contributed by atoms with E-state index in [9.17, 15) is 14.0 Å². The van der Waals surface area contributed by atoms with Crippen LogP contribution in [-0.4, -0.2) is 41.0 Å². The molecule has 1 aromatic carbocycles. The smallest absolute Gasteiger partial charge is 0.307 e. The van der Waals surface area contributed by atoms with Crippen LogP contribution in [0.3, 0.4) is 0 Å². The third-order valence-corrected chi connectivity index (χ3v) is 4.22. The van der Waals surface area contributed by atoms with Crippen molar-refractivity contribution < 1.29 is 19.1 Å². The van der Waals surface area contributed by atoms with Crippen LogP contribution in [0.5, 0.6) is 0 Å². The summed E-state index contributed by atoms with van der Waals surface area (Å²) in [6.07, 6.45) is 0.570. The summed E-state index contributed by atoms with van der Waals surface area (Å²) in [5, 5.41) is 11.9. The third-order valence-electron chi connectivity index (χ3n) is 4.22. The third kappa shape index (κ3) is 4.91. The molecule has 1 aliphatic rings. The van der Waals surface area contributed by atoms with Crippen molar-refractivity contribution in [2.45, 2.75) is 32.4 Å². The molecule has 2 N–H and O–H groups in total. The van der Waals surface area contributed by atoms with Crippen LogP contribution >= 0.6 is 12.4 Å². The first-order chi connectivity index (χ1) is 10.4. The van der Waals surface area contributed by atoms with Crippen LogP contribution in [-0.2, 0) is 9.59 Å². The van der Waals surface area contributed by atoms with E-state index in [1.54, 1.807) is 19.1 Å². The molecule has 1 aliphatic heterocycles. The topological polar surface area (TPSA) is 69.6 Å². The molecule has 2 rings (SSSR count). The largest absolute Gasteiger partial charge is 0.481 e. The molecule has 3 atom stereocenters. The number of likely N-dealkylation sites (tertiary alicyclic amines) is 1. The predicted octanol–water partition coefficient (Wildman–Crippen LogP) is 2.22. The second kappa shape index (κ2) is 8.26. The predicted molar refractivity (Wildman–Crippen MR) is 87.0 cm³/mol. The van der Waals surface area contributed by atoms with Crippen LogP contribution in [0, 0.1) is 11.7 Å². The monoisotopic (exact) mass is 344 g/mol. The van der Waals surface area contributed by atoms with Crippen molar-refractivity contribution in [3.8, 4) is 0 Å². The molecular weight excluding hydrogens is 323 g/mol. The Hall–Kier alpha value is -1.66. The van der Waals surface area contributed by atoms with Crippen molar-refractivity contribution in [2.24, 2.45) is 5.92 Å². The summed E-state index contributed by atoms with van der Waals surface area (Å²) >= 11 is 0. The Morgan fingerprint density at radius 1 is 1.30 bits per heavy atom. The van der Waals surface area contributed by atoms with Crippen LogP contribution in [0.2, 0.25) is 0 Å². The molecule has 1 aromatic rings. The Kier molecular flexibility index (Phi) is 6.97. The average molecular weight is 345 g/mol. The van der Waals surface area contributed by atoms with E-state index in [1.165, 1.54) is 12.1 Å². The molecule has 7 heteroatoms. The summed E-state index contributed by atoms with van der Waals surface area (Å²) in [5.74, 6) is -1.67. The van der Waals surface area contributed by atoms with Gasteiger partial charge in [-0.15, -0.1) is 12.4 Å². The van der Waals surface area contributed by atoms with E-state index in [2.05, 4.69) is 5.32 Å². The first kappa shape index (κ1) is 19.4. The van der Waals surface area contributed by atoms with Crippen LogP contribution < -0.4 is 5.32 Å². The summed E-state index contributed by atoms with van der Waals surface area (Å²) in [4.78, 5) is 25.1. The van der Waals surface area contributed by atoms with E-state index in [1.807, 2.05) is 11.8 Å². The number of carboxylic acids is 1. The zero-order chi connectivity index (χ0) is 16.3. The number of halogens is 2. The lowest BCUT2D eigenvalue weighted by atomic mass is 10.1. The van der Waals surface area contributed by atoms with Gasteiger partial charge in [0.15, 0.2) is 0 Å². The second-order valence-corrected chi connectivity index (χ2v) is 5.78. The highest BCUT2D eigenvalue weighted by atomic mass is 35.5. The quantitative estimate of drug-likeness (QED) is 0.859. The first-order valence-corrected chi connectivity index (χ1v) is 7.41. The number of hydrogen-bond donors (Lipinski definition) is 2. The number of amides is 1. The van der Waals surface area contributed by atoms with Gasteiger partial charge in [0.1, 0.15) is 5.82 Å². The molecule has 1 heterocycles. The summed E-state index contributed by atoms with van der Waals surface area (Å²) in [6.45, 7) is 4.62. The Morgan fingerprint density at radius 3 is 2.43 bits per heavy atom. The van der Waals surface area contributed by atoms with Crippen molar-refractivity contribution in [2.75, 3.05) is 13.1 Å². The van der Waals surface area contributed by atoms with Crippen molar-refractivity contribution >= 4 is 24.3 Å². The lowest BCUT2D eigenvalue weighted by Gasteiger charge is -2.25. The highest BCUT2D eigenvalue weighted by Crippen LogP contribution is 2.20. The minimum absolute atomic E-state index is 0. The van der Waals surface area contributed by atoms with Crippen LogP contribution in [0.15, 0.2) is 24.3 Å². The van der Waals surface area contributed by atoms with E-state index < -0.39 is 11.9 Å². The molecule has 1 saturated heterocycles. The molecule has 0 spiro atoms. The molecule has 3 unspecified atom stereocenters. The van der Waals surface area contributed by atoms with Gasteiger partial charge in [-0.25, -0.2) is 4.39 Å². The number of carboxylic acid groups (broad SMARTS) is 1. The van der Waals surface area contributed by atoms with Gasteiger partial charge in [-0.2, -0.15) is 0 Å². The van der Waals surface area contributed by atoms with Gasteiger partial charge in [-0.1, -0.05) is 12.1 Å². The number of aliphatic carboxylic acids is 1. The van der Waals surface area contributed by atoms with Gasteiger partial charge in [0.25, 0.3) is 0 Å². The number of benzene rings is 1. The maximum Gasteiger partial charge on any atom is 0.307 e. The molecule has 5 nitrogen and oxygen atoms in total. The van der Waals surface area contributed by atoms with Gasteiger partial charge in [-0.3, -0.25) is 14.5 Å². The molecule has 1 fully saturated rings. The zero-order valence-electron chi connectivity index (χ0n) is 13.2. The number of nitrogens with one attached hydrogen (secondary N) is 1. The summed E-state index contributed by atoms with van der Waals surface area (Å²) in [5.41, 5.74) is 0.826. The van der Waals surface area contributed by atoms with E-state index in [4.69, 9.17) is 5.11 Å². The maximum atomic E-state index is 12.9. The highest BCUT2D eigenvalue weighted by Gasteiger charge is 2.33. The van der Waals surface area contributed by atoms with Gasteiger partial charge in [0.2, 0.25) is 5.91 Å². The summed E-state index contributed by atoms with van der Waals surface area (Å²) in [7, 11) is 0. The first-order valence-electron chi connectivity index (χ1n) is 7.41. The molecule has 0 aliphatic carbocycles. The van der Waals surface area contributed by atoms with Crippen molar-refractivity contribution in [3.05, 3.63) is 35.6 Å². The Bertz CT molecular complexity index is 553. The van der Waals surface area contributed by atoms with Gasteiger partial charge < -0.3 is 10.4 Å². The van der Waals surface area contributed by atoms with Crippen LogP contribution in [0.1, 0.15) is 31.9 Å².